The minimum atomic E-state index is -0.597. The van der Waals surface area contributed by atoms with Crippen LogP contribution in [0.3, 0.4) is 0 Å². The molecule has 1 aromatic carbocycles. The van der Waals surface area contributed by atoms with Gasteiger partial charge < -0.3 is 20.0 Å². The second-order valence-electron chi connectivity index (χ2n) is 8.86. The molecule has 7 nitrogen and oxygen atoms in total. The third-order valence-corrected chi connectivity index (χ3v) is 7.58. The molecule has 9 heteroatoms. The summed E-state index contributed by atoms with van der Waals surface area (Å²) in [5, 5.41) is 15.9. The molecule has 0 saturated carbocycles. The highest BCUT2D eigenvalue weighted by atomic mass is 79.9. The van der Waals surface area contributed by atoms with E-state index in [1.807, 2.05) is 44.1 Å². The zero-order chi connectivity index (χ0) is 21.1. The second-order valence-corrected chi connectivity index (χ2v) is 10.6. The Hall–Kier alpha value is -1.16. The van der Waals surface area contributed by atoms with E-state index < -0.39 is 11.0 Å². The molecule has 0 radical (unpaired) electrons. The minimum absolute atomic E-state index is 0.184. The Morgan fingerprint density at radius 2 is 2.17 bits per heavy atom. The maximum absolute atomic E-state index is 13.3. The predicted molar refractivity (Wildman–Crippen MR) is 117 cm³/mol. The van der Waals surface area contributed by atoms with Gasteiger partial charge in [-0.3, -0.25) is 4.90 Å². The number of hydrogen-bond acceptors (Lipinski definition) is 7. The molecule has 3 aliphatic heterocycles. The number of carbonyl (C=O) groups excluding carboxylic acids is 1. The van der Waals surface area contributed by atoms with Crippen LogP contribution >= 0.6 is 27.7 Å². The fourth-order valence-electron chi connectivity index (χ4n) is 5.23. The molecule has 4 atom stereocenters. The van der Waals surface area contributed by atoms with Gasteiger partial charge in [-0.05, 0) is 61.5 Å². The molecule has 3 aliphatic rings. The molecule has 2 fully saturated rings. The van der Waals surface area contributed by atoms with Crippen LogP contribution < -0.4 is 10.1 Å². The van der Waals surface area contributed by atoms with E-state index in [2.05, 4.69) is 21.2 Å². The first-order valence-electron chi connectivity index (χ1n) is 9.75. The van der Waals surface area contributed by atoms with Crippen molar-refractivity contribution in [1.29, 1.82) is 0 Å². The zero-order valence-corrected chi connectivity index (χ0v) is 19.8. The summed E-state index contributed by atoms with van der Waals surface area (Å²) in [5.41, 5.74) is 0.981. The number of rotatable bonds is 3. The summed E-state index contributed by atoms with van der Waals surface area (Å²) < 4.78 is 12.2. The maximum Gasteiger partial charge on any atom is 0.412 e. The third kappa shape index (κ3) is 3.04. The molecule has 2 saturated heterocycles. The van der Waals surface area contributed by atoms with Crippen LogP contribution in [0.25, 0.3) is 0 Å². The van der Waals surface area contributed by atoms with E-state index in [4.69, 9.17) is 9.47 Å². The number of amides is 1. The smallest absolute Gasteiger partial charge is 0.412 e. The number of nitrogens with zero attached hydrogens (tertiary/aromatic N) is 2. The number of likely N-dealkylation sites (tertiary alicyclic amines) is 1. The van der Waals surface area contributed by atoms with Gasteiger partial charge in [0.1, 0.15) is 17.5 Å². The van der Waals surface area contributed by atoms with Crippen molar-refractivity contribution in [3.05, 3.63) is 22.2 Å². The van der Waals surface area contributed by atoms with Crippen LogP contribution in [0.1, 0.15) is 32.8 Å². The second kappa shape index (κ2) is 7.21. The average molecular weight is 486 g/mol. The van der Waals surface area contributed by atoms with Crippen LogP contribution in [0.15, 0.2) is 16.6 Å². The van der Waals surface area contributed by atoms with E-state index in [0.717, 1.165) is 27.9 Å². The van der Waals surface area contributed by atoms with Gasteiger partial charge in [-0.2, -0.15) is 16.8 Å². The largest absolute Gasteiger partial charge is 0.496 e. The Balaban J connectivity index is 1.86. The first-order valence-corrected chi connectivity index (χ1v) is 11.9. The lowest BCUT2D eigenvalue weighted by molar-refractivity contribution is -0.114. The van der Waals surface area contributed by atoms with Crippen molar-refractivity contribution < 1.29 is 19.5 Å². The van der Waals surface area contributed by atoms with Gasteiger partial charge in [0, 0.05) is 23.5 Å². The molecule has 1 amide bonds. The number of nitrogens with one attached hydrogen (secondary N) is 1. The summed E-state index contributed by atoms with van der Waals surface area (Å²) in [5.74, 6) is 1.45. The van der Waals surface area contributed by atoms with Crippen LogP contribution in [0, 0.1) is 0 Å². The van der Waals surface area contributed by atoms with Crippen molar-refractivity contribution in [2.24, 2.45) is 0 Å². The van der Waals surface area contributed by atoms with E-state index in [0.29, 0.717) is 12.3 Å². The predicted octanol–water partition coefficient (Wildman–Crippen LogP) is 3.89. The van der Waals surface area contributed by atoms with Crippen molar-refractivity contribution in [2.45, 2.75) is 56.5 Å². The molecule has 0 aromatic heterocycles. The Kier molecular flexibility index (Phi) is 5.25. The lowest BCUT2D eigenvalue weighted by Crippen LogP contribution is -2.51. The molecule has 160 valence electrons. The quantitative estimate of drug-likeness (QED) is 0.672. The van der Waals surface area contributed by atoms with Crippen LogP contribution in [-0.2, 0) is 10.2 Å². The van der Waals surface area contributed by atoms with E-state index >= 15 is 0 Å². The van der Waals surface area contributed by atoms with Gasteiger partial charge in [0.05, 0.1) is 29.1 Å². The van der Waals surface area contributed by atoms with E-state index in [9.17, 15) is 10.0 Å². The summed E-state index contributed by atoms with van der Waals surface area (Å²) in [7, 11) is 1.65. The number of ether oxygens (including phenoxy) is 2. The molecule has 0 bridgehead atoms. The first-order chi connectivity index (χ1) is 13.7. The number of methoxy groups -OCH3 is 1. The minimum Gasteiger partial charge on any atom is -0.496 e. The van der Waals surface area contributed by atoms with Crippen LogP contribution in [-0.4, -0.2) is 70.8 Å². The normalized spacial score (nSPS) is 30.6. The third-order valence-electron chi connectivity index (χ3n) is 6.12. The van der Waals surface area contributed by atoms with E-state index in [1.165, 1.54) is 5.06 Å². The van der Waals surface area contributed by atoms with E-state index in [-0.39, 0.29) is 24.3 Å². The number of carbonyl (C=O) groups is 1. The molecule has 29 heavy (non-hydrogen) atoms. The van der Waals surface area contributed by atoms with Gasteiger partial charge in [0.15, 0.2) is 0 Å². The molecule has 1 spiro atoms. The van der Waals surface area contributed by atoms with Crippen LogP contribution in [0.4, 0.5) is 10.5 Å². The van der Waals surface area contributed by atoms with Gasteiger partial charge in [-0.25, -0.2) is 4.79 Å². The summed E-state index contributed by atoms with van der Waals surface area (Å²) in [6.45, 7) is 6.17. The number of halogens is 1. The first kappa shape index (κ1) is 21.1. The fraction of sp³-hybridized carbons (Fsp3) is 0.650. The SMILES string of the molecule is COc1ccc2c(c1Br)C13CCN(O)[C@@H]1[C@@H](CSC)N(C(=O)OC(C)(C)C)[C@H]3N2. The number of thioether (sulfide) groups is 1. The number of fused-ring (bicyclic) bond motifs is 1. The van der Waals surface area contributed by atoms with Gasteiger partial charge >= 0.3 is 6.09 Å². The topological polar surface area (TPSA) is 74.3 Å². The number of anilines is 1. The van der Waals surface area contributed by atoms with Gasteiger partial charge in [0.25, 0.3) is 0 Å². The zero-order valence-electron chi connectivity index (χ0n) is 17.4. The summed E-state index contributed by atoms with van der Waals surface area (Å²) in [6.07, 6.45) is 2.10. The molecular weight excluding hydrogens is 458 g/mol. The lowest BCUT2D eigenvalue weighted by Gasteiger charge is -2.34. The Bertz CT molecular complexity index is 833. The van der Waals surface area contributed by atoms with Crippen LogP contribution in [0.5, 0.6) is 5.75 Å². The van der Waals surface area contributed by atoms with Gasteiger partial charge in [-0.1, -0.05) is 0 Å². The highest BCUT2D eigenvalue weighted by Crippen LogP contribution is 2.60. The average Bonchev–Trinajstić information content (AvgIpc) is 3.20. The maximum atomic E-state index is 13.3. The fourth-order valence-corrected chi connectivity index (χ4v) is 6.79. The van der Waals surface area contributed by atoms with Gasteiger partial charge in [0.2, 0.25) is 0 Å². The van der Waals surface area contributed by atoms with Crippen LogP contribution in [0.2, 0.25) is 0 Å². The van der Waals surface area contributed by atoms with Gasteiger partial charge in [-0.15, -0.1) is 0 Å². The summed E-state index contributed by atoms with van der Waals surface area (Å²) in [4.78, 5) is 15.1. The number of hydrogen-bond donors (Lipinski definition) is 2. The molecule has 1 unspecified atom stereocenters. The monoisotopic (exact) mass is 485 g/mol. The molecule has 4 rings (SSSR count). The van der Waals surface area contributed by atoms with E-state index in [1.54, 1.807) is 18.9 Å². The number of hydroxylamine groups is 2. The standard InChI is InChI=1S/C20H28BrN3O4S/c1-19(2,3)28-18(25)24-12(10-29-5)16-20(8-9-23(16)26)14-11(22-17(20)24)6-7-13(27-4)15(14)21/h6-7,12,16-17,22,26H,8-10H2,1-5H3/t12-,16-,17-,20?/m1/s1. The Morgan fingerprint density at radius 3 is 2.79 bits per heavy atom. The lowest BCUT2D eigenvalue weighted by atomic mass is 9.74. The molecule has 0 aliphatic carbocycles. The van der Waals surface area contributed by atoms with Crippen molar-refractivity contribution in [3.63, 3.8) is 0 Å². The van der Waals surface area contributed by atoms with Crippen molar-refractivity contribution in [2.75, 3.05) is 31.0 Å². The highest BCUT2D eigenvalue weighted by Gasteiger charge is 2.70. The molecule has 1 aromatic rings. The molecule has 3 heterocycles. The molecular formula is C20H28BrN3O4S. The van der Waals surface area contributed by atoms with Crippen molar-refractivity contribution >= 4 is 39.5 Å². The van der Waals surface area contributed by atoms with Crippen molar-refractivity contribution in [1.82, 2.24) is 9.96 Å². The highest BCUT2D eigenvalue weighted by molar-refractivity contribution is 9.10. The Morgan fingerprint density at radius 1 is 1.45 bits per heavy atom. The van der Waals surface area contributed by atoms with Crippen molar-refractivity contribution in [3.8, 4) is 5.75 Å². The Labute approximate surface area is 184 Å². The summed E-state index contributed by atoms with van der Waals surface area (Å²) >= 11 is 5.41. The molecule has 2 N–H and O–H groups in total. The summed E-state index contributed by atoms with van der Waals surface area (Å²) in [6, 6.07) is 3.48. The number of benzene rings is 1.